The van der Waals surface area contributed by atoms with Gasteiger partial charge in [-0.25, -0.2) is 4.39 Å². The van der Waals surface area contributed by atoms with Gasteiger partial charge in [-0.05, 0) is 42.2 Å². The second-order valence-electron chi connectivity index (χ2n) is 7.00. The topological polar surface area (TPSA) is 8.17 Å². The number of aromatic nitrogens is 1. The first kappa shape index (κ1) is 17.0. The van der Waals surface area contributed by atoms with Gasteiger partial charge >= 0.3 is 0 Å². The van der Waals surface area contributed by atoms with Crippen molar-refractivity contribution in [3.05, 3.63) is 95.1 Å². The van der Waals surface area contributed by atoms with Gasteiger partial charge in [-0.15, -0.1) is 0 Å². The Labute approximate surface area is 154 Å². The predicted octanol–water partition coefficient (Wildman–Crippen LogP) is 5.18. The Morgan fingerprint density at radius 1 is 0.923 bits per heavy atom. The highest BCUT2D eigenvalue weighted by Crippen LogP contribution is 2.34. The fourth-order valence-electron chi connectivity index (χ4n) is 4.14. The van der Waals surface area contributed by atoms with Crippen molar-refractivity contribution >= 4 is 0 Å². The number of fused-ring (bicyclic) bond motifs is 1. The van der Waals surface area contributed by atoms with Crippen LogP contribution in [0.25, 0.3) is 0 Å². The van der Waals surface area contributed by atoms with Gasteiger partial charge in [0.1, 0.15) is 5.82 Å². The minimum Gasteiger partial charge on any atom is -0.350 e. The zero-order chi connectivity index (χ0) is 17.9. The molecule has 4 rings (SSSR count). The summed E-state index contributed by atoms with van der Waals surface area (Å²) < 4.78 is 17.0. The van der Waals surface area contributed by atoms with Gasteiger partial charge in [0.05, 0.1) is 6.04 Å². The number of benzene rings is 2. The molecule has 0 radical (unpaired) electrons. The Hall–Kier alpha value is -2.39. The number of nitrogens with zero attached hydrogens (tertiary/aromatic N) is 2. The van der Waals surface area contributed by atoms with Crippen molar-refractivity contribution in [2.24, 2.45) is 0 Å². The van der Waals surface area contributed by atoms with Crippen molar-refractivity contribution in [1.82, 2.24) is 9.47 Å². The van der Waals surface area contributed by atoms with E-state index in [-0.39, 0.29) is 11.9 Å². The average molecular weight is 348 g/mol. The molecule has 0 unspecified atom stereocenters. The van der Waals surface area contributed by atoms with Crippen molar-refractivity contribution in [3.8, 4) is 0 Å². The molecule has 1 atom stereocenters. The largest absolute Gasteiger partial charge is 0.350 e. The number of aryl methyl sites for hydroxylation is 2. The second-order valence-corrected chi connectivity index (χ2v) is 7.00. The summed E-state index contributed by atoms with van der Waals surface area (Å²) in [7, 11) is 0. The third-order valence-electron chi connectivity index (χ3n) is 5.43. The standard InChI is InChI=1S/C23H25FN2/c1-2-18-9-3-4-10-19(18)17-26-16-8-15-25-14-7-13-22(25)23(26)20-11-5-6-12-21(20)24/h3-7,9-14,23H,2,8,15-17H2,1H3/t23-/m0/s1. The van der Waals surface area contributed by atoms with Gasteiger partial charge in [0, 0.05) is 37.1 Å². The van der Waals surface area contributed by atoms with E-state index in [0.717, 1.165) is 38.0 Å². The highest BCUT2D eigenvalue weighted by molar-refractivity contribution is 5.32. The van der Waals surface area contributed by atoms with Crippen LogP contribution in [0.1, 0.15) is 41.8 Å². The van der Waals surface area contributed by atoms with Crippen LogP contribution < -0.4 is 0 Å². The zero-order valence-electron chi connectivity index (χ0n) is 15.2. The van der Waals surface area contributed by atoms with Crippen LogP contribution in [0.5, 0.6) is 0 Å². The van der Waals surface area contributed by atoms with Gasteiger partial charge in [0.2, 0.25) is 0 Å². The van der Waals surface area contributed by atoms with E-state index in [0.29, 0.717) is 0 Å². The van der Waals surface area contributed by atoms with E-state index in [1.165, 1.54) is 16.8 Å². The summed E-state index contributed by atoms with van der Waals surface area (Å²) in [6, 6.07) is 20.0. The average Bonchev–Trinajstić information content (AvgIpc) is 3.05. The van der Waals surface area contributed by atoms with Crippen LogP contribution in [0.3, 0.4) is 0 Å². The van der Waals surface area contributed by atoms with Crippen LogP contribution in [0, 0.1) is 5.82 Å². The molecule has 0 saturated heterocycles. The third kappa shape index (κ3) is 3.19. The van der Waals surface area contributed by atoms with E-state index in [2.05, 4.69) is 59.0 Å². The van der Waals surface area contributed by atoms with Gasteiger partial charge in [0.15, 0.2) is 0 Å². The molecule has 1 aliphatic rings. The van der Waals surface area contributed by atoms with Crippen molar-refractivity contribution < 1.29 is 4.39 Å². The van der Waals surface area contributed by atoms with E-state index in [4.69, 9.17) is 0 Å². The molecule has 3 aromatic rings. The summed E-state index contributed by atoms with van der Waals surface area (Å²) in [6.45, 7) is 4.98. The Morgan fingerprint density at radius 2 is 1.69 bits per heavy atom. The lowest BCUT2D eigenvalue weighted by atomic mass is 9.99. The van der Waals surface area contributed by atoms with Crippen LogP contribution in [0.15, 0.2) is 66.9 Å². The Bertz CT molecular complexity index is 883. The first-order valence-corrected chi connectivity index (χ1v) is 9.48. The fourth-order valence-corrected chi connectivity index (χ4v) is 4.14. The molecule has 2 heterocycles. The normalized spacial score (nSPS) is 17.7. The van der Waals surface area contributed by atoms with Crippen molar-refractivity contribution in [1.29, 1.82) is 0 Å². The molecule has 0 aliphatic carbocycles. The van der Waals surface area contributed by atoms with Gasteiger partial charge in [0.25, 0.3) is 0 Å². The van der Waals surface area contributed by atoms with Gasteiger partial charge < -0.3 is 4.57 Å². The molecule has 26 heavy (non-hydrogen) atoms. The molecule has 3 heteroatoms. The molecule has 0 fully saturated rings. The summed E-state index contributed by atoms with van der Waals surface area (Å²) in [5.41, 5.74) is 4.67. The first-order valence-electron chi connectivity index (χ1n) is 9.48. The maximum atomic E-state index is 14.7. The van der Waals surface area contributed by atoms with Gasteiger partial charge in [-0.3, -0.25) is 4.90 Å². The van der Waals surface area contributed by atoms with E-state index in [9.17, 15) is 4.39 Å². The quantitative estimate of drug-likeness (QED) is 0.630. The Morgan fingerprint density at radius 3 is 2.50 bits per heavy atom. The van der Waals surface area contributed by atoms with E-state index in [1.54, 1.807) is 12.1 Å². The monoisotopic (exact) mass is 348 g/mol. The zero-order valence-corrected chi connectivity index (χ0v) is 15.2. The van der Waals surface area contributed by atoms with Gasteiger partial charge in [-0.1, -0.05) is 49.4 Å². The minimum atomic E-state index is -0.124. The van der Waals surface area contributed by atoms with Crippen molar-refractivity contribution in [2.45, 2.75) is 38.9 Å². The molecule has 2 aromatic carbocycles. The Balaban J connectivity index is 1.78. The summed E-state index contributed by atoms with van der Waals surface area (Å²) in [4.78, 5) is 2.44. The second kappa shape index (κ2) is 7.46. The molecule has 1 aliphatic heterocycles. The molecule has 0 spiro atoms. The molecule has 134 valence electrons. The summed E-state index contributed by atoms with van der Waals surface area (Å²) in [5.74, 6) is -0.124. The predicted molar refractivity (Wildman–Crippen MR) is 104 cm³/mol. The van der Waals surface area contributed by atoms with E-state index in [1.807, 2.05) is 12.1 Å². The number of hydrogen-bond donors (Lipinski definition) is 0. The van der Waals surface area contributed by atoms with Crippen molar-refractivity contribution in [3.63, 3.8) is 0 Å². The van der Waals surface area contributed by atoms with E-state index < -0.39 is 0 Å². The van der Waals surface area contributed by atoms with E-state index >= 15 is 0 Å². The smallest absolute Gasteiger partial charge is 0.128 e. The molecular weight excluding hydrogens is 323 g/mol. The first-order chi connectivity index (χ1) is 12.8. The minimum absolute atomic E-state index is 0.0568. The van der Waals surface area contributed by atoms with Crippen molar-refractivity contribution in [2.75, 3.05) is 6.54 Å². The third-order valence-corrected chi connectivity index (χ3v) is 5.43. The molecule has 0 saturated carbocycles. The Kier molecular flexibility index (Phi) is 4.89. The molecule has 0 amide bonds. The maximum Gasteiger partial charge on any atom is 0.128 e. The molecular formula is C23H25FN2. The fraction of sp³-hybridized carbons (Fsp3) is 0.304. The summed E-state index contributed by atoms with van der Waals surface area (Å²) in [6.07, 6.45) is 4.21. The number of halogens is 1. The number of rotatable bonds is 4. The van der Waals surface area contributed by atoms with Crippen LogP contribution in [0.4, 0.5) is 4.39 Å². The van der Waals surface area contributed by atoms with Crippen LogP contribution in [0.2, 0.25) is 0 Å². The molecule has 1 aromatic heterocycles. The SMILES string of the molecule is CCc1ccccc1CN1CCCn2cccc2[C@@H]1c1ccccc1F. The van der Waals surface area contributed by atoms with Crippen LogP contribution in [-0.4, -0.2) is 16.0 Å². The molecule has 2 nitrogen and oxygen atoms in total. The maximum absolute atomic E-state index is 14.7. The highest BCUT2D eigenvalue weighted by atomic mass is 19.1. The lowest BCUT2D eigenvalue weighted by molar-refractivity contribution is 0.216. The van der Waals surface area contributed by atoms with Gasteiger partial charge in [-0.2, -0.15) is 0 Å². The van der Waals surface area contributed by atoms with Crippen LogP contribution >= 0.6 is 0 Å². The highest BCUT2D eigenvalue weighted by Gasteiger charge is 2.29. The summed E-state index contributed by atoms with van der Waals surface area (Å²) in [5, 5.41) is 0. The lowest BCUT2D eigenvalue weighted by Gasteiger charge is -2.31. The molecule has 0 bridgehead atoms. The lowest BCUT2D eigenvalue weighted by Crippen LogP contribution is -2.30. The van der Waals surface area contributed by atoms with Crippen LogP contribution in [-0.2, 0) is 19.5 Å². The number of hydrogen-bond acceptors (Lipinski definition) is 1. The molecule has 0 N–H and O–H groups in total. The summed E-state index contributed by atoms with van der Waals surface area (Å²) >= 11 is 0.